The van der Waals surface area contributed by atoms with E-state index < -0.39 is 5.54 Å². The average Bonchev–Trinajstić information content (AvgIpc) is 2.39. The van der Waals surface area contributed by atoms with Crippen molar-refractivity contribution in [2.24, 2.45) is 0 Å². The molecule has 0 amide bonds. The molecule has 0 atom stereocenters. The van der Waals surface area contributed by atoms with Gasteiger partial charge in [-0.25, -0.2) is 0 Å². The maximum atomic E-state index is 9.38. The van der Waals surface area contributed by atoms with Crippen molar-refractivity contribution < 1.29 is 10.2 Å². The molecule has 98 valence electrons. The van der Waals surface area contributed by atoms with Crippen LogP contribution in [0.15, 0.2) is 0 Å². The molecule has 1 aliphatic heterocycles. The fourth-order valence-corrected chi connectivity index (χ4v) is 2.26. The van der Waals surface area contributed by atoms with Crippen LogP contribution in [0.2, 0.25) is 0 Å². The van der Waals surface area contributed by atoms with E-state index in [9.17, 15) is 10.2 Å². The number of rotatable bonds is 6. The van der Waals surface area contributed by atoms with Gasteiger partial charge in [-0.1, -0.05) is 12.8 Å². The van der Waals surface area contributed by atoms with Crippen molar-refractivity contribution in [3.63, 3.8) is 0 Å². The first-order valence-electron chi connectivity index (χ1n) is 6.35. The van der Waals surface area contributed by atoms with Crippen LogP contribution in [0, 0.1) is 12.3 Å². The van der Waals surface area contributed by atoms with Crippen LogP contribution >= 0.6 is 0 Å². The summed E-state index contributed by atoms with van der Waals surface area (Å²) in [5.74, 6) is 2.66. The normalized spacial score (nSPS) is 19.2. The van der Waals surface area contributed by atoms with E-state index in [0.29, 0.717) is 12.6 Å². The SMILES string of the molecule is C#CCN1CCC(NC(CC)(CO)CO)CC1. The summed E-state index contributed by atoms with van der Waals surface area (Å²) in [7, 11) is 0. The van der Waals surface area contributed by atoms with Crippen LogP contribution in [0.3, 0.4) is 0 Å². The van der Waals surface area contributed by atoms with Crippen LogP contribution in [0.5, 0.6) is 0 Å². The Bertz CT molecular complexity index is 242. The van der Waals surface area contributed by atoms with Crippen LogP contribution in [0.4, 0.5) is 0 Å². The van der Waals surface area contributed by atoms with E-state index in [1.54, 1.807) is 0 Å². The van der Waals surface area contributed by atoms with Crippen molar-refractivity contribution in [2.45, 2.75) is 37.8 Å². The first kappa shape index (κ1) is 14.5. The van der Waals surface area contributed by atoms with E-state index in [4.69, 9.17) is 6.42 Å². The fourth-order valence-electron chi connectivity index (χ4n) is 2.26. The highest BCUT2D eigenvalue weighted by Crippen LogP contribution is 2.16. The Morgan fingerprint density at radius 1 is 1.35 bits per heavy atom. The summed E-state index contributed by atoms with van der Waals surface area (Å²) in [5.41, 5.74) is -0.529. The first-order valence-corrected chi connectivity index (χ1v) is 6.35. The number of hydrogen-bond donors (Lipinski definition) is 3. The molecule has 0 radical (unpaired) electrons. The number of terminal acetylenes is 1. The zero-order chi connectivity index (χ0) is 12.7. The van der Waals surface area contributed by atoms with Crippen molar-refractivity contribution >= 4 is 0 Å². The van der Waals surface area contributed by atoms with E-state index in [2.05, 4.69) is 16.1 Å². The molecule has 1 fully saturated rings. The minimum Gasteiger partial charge on any atom is -0.394 e. The number of nitrogens with one attached hydrogen (secondary N) is 1. The van der Waals surface area contributed by atoms with E-state index in [-0.39, 0.29) is 13.2 Å². The molecule has 0 aromatic heterocycles. The highest BCUT2D eigenvalue weighted by Gasteiger charge is 2.30. The lowest BCUT2D eigenvalue weighted by atomic mass is 9.94. The molecular formula is C13H24N2O2. The second-order valence-corrected chi connectivity index (χ2v) is 4.85. The second kappa shape index (κ2) is 6.97. The number of likely N-dealkylation sites (tertiary alicyclic amines) is 1. The maximum absolute atomic E-state index is 9.38. The van der Waals surface area contributed by atoms with Gasteiger partial charge in [0.05, 0.1) is 25.3 Å². The molecule has 0 saturated carbocycles. The smallest absolute Gasteiger partial charge is 0.0647 e. The van der Waals surface area contributed by atoms with Crippen molar-refractivity contribution in [1.82, 2.24) is 10.2 Å². The number of nitrogens with zero attached hydrogens (tertiary/aromatic N) is 1. The van der Waals surface area contributed by atoms with Crippen molar-refractivity contribution in [1.29, 1.82) is 0 Å². The third-order valence-electron chi connectivity index (χ3n) is 3.69. The molecule has 4 heteroatoms. The number of hydrogen-bond acceptors (Lipinski definition) is 4. The van der Waals surface area contributed by atoms with Gasteiger partial charge in [-0.15, -0.1) is 6.42 Å². The summed E-state index contributed by atoms with van der Waals surface area (Å²) in [6.07, 6.45) is 8.05. The molecule has 1 heterocycles. The van der Waals surface area contributed by atoms with Gasteiger partial charge in [0.15, 0.2) is 0 Å². The van der Waals surface area contributed by atoms with Gasteiger partial charge in [0, 0.05) is 19.1 Å². The molecule has 4 nitrogen and oxygen atoms in total. The Kier molecular flexibility index (Phi) is 5.93. The Labute approximate surface area is 104 Å². The van der Waals surface area contributed by atoms with Gasteiger partial charge in [0.25, 0.3) is 0 Å². The number of piperidine rings is 1. The molecule has 0 aromatic rings. The Hall–Kier alpha value is -0.600. The fraction of sp³-hybridized carbons (Fsp3) is 0.846. The minimum absolute atomic E-state index is 0.0232. The van der Waals surface area contributed by atoms with Gasteiger partial charge >= 0.3 is 0 Å². The van der Waals surface area contributed by atoms with Gasteiger partial charge in [0.2, 0.25) is 0 Å². The van der Waals surface area contributed by atoms with E-state index >= 15 is 0 Å². The highest BCUT2D eigenvalue weighted by atomic mass is 16.3. The molecule has 0 aliphatic carbocycles. The van der Waals surface area contributed by atoms with Gasteiger partial charge in [-0.2, -0.15) is 0 Å². The molecule has 1 rings (SSSR count). The monoisotopic (exact) mass is 240 g/mol. The lowest BCUT2D eigenvalue weighted by Gasteiger charge is -2.38. The number of aliphatic hydroxyl groups is 2. The summed E-state index contributed by atoms with van der Waals surface area (Å²) < 4.78 is 0. The van der Waals surface area contributed by atoms with E-state index in [1.165, 1.54) is 0 Å². The molecule has 0 unspecified atom stereocenters. The molecule has 0 spiro atoms. The molecule has 0 aromatic carbocycles. The Morgan fingerprint density at radius 3 is 2.35 bits per heavy atom. The maximum Gasteiger partial charge on any atom is 0.0647 e. The summed E-state index contributed by atoms with van der Waals surface area (Å²) in [6.45, 7) is 4.62. The van der Waals surface area contributed by atoms with Crippen LogP contribution in [0.1, 0.15) is 26.2 Å². The van der Waals surface area contributed by atoms with Crippen LogP contribution in [-0.4, -0.2) is 59.5 Å². The summed E-state index contributed by atoms with van der Waals surface area (Å²) in [4.78, 5) is 2.25. The predicted molar refractivity (Wildman–Crippen MR) is 68.6 cm³/mol. The van der Waals surface area contributed by atoms with Crippen LogP contribution in [0.25, 0.3) is 0 Å². The quantitative estimate of drug-likeness (QED) is 0.563. The predicted octanol–water partition coefficient (Wildman–Crippen LogP) is -0.193. The topological polar surface area (TPSA) is 55.7 Å². The van der Waals surface area contributed by atoms with Gasteiger partial charge < -0.3 is 15.5 Å². The second-order valence-electron chi connectivity index (χ2n) is 4.85. The van der Waals surface area contributed by atoms with Crippen molar-refractivity contribution in [3.05, 3.63) is 0 Å². The van der Waals surface area contributed by atoms with E-state index in [1.807, 2.05) is 6.92 Å². The molecule has 3 N–H and O–H groups in total. The zero-order valence-electron chi connectivity index (χ0n) is 10.7. The molecule has 0 bridgehead atoms. The first-order chi connectivity index (χ1) is 8.19. The molecular weight excluding hydrogens is 216 g/mol. The average molecular weight is 240 g/mol. The number of aliphatic hydroxyl groups excluding tert-OH is 2. The molecule has 1 saturated heterocycles. The largest absolute Gasteiger partial charge is 0.394 e. The van der Waals surface area contributed by atoms with Crippen molar-refractivity contribution in [2.75, 3.05) is 32.8 Å². The third-order valence-corrected chi connectivity index (χ3v) is 3.69. The van der Waals surface area contributed by atoms with Crippen molar-refractivity contribution in [3.8, 4) is 12.3 Å². The van der Waals surface area contributed by atoms with Crippen LogP contribution < -0.4 is 5.32 Å². The molecule has 17 heavy (non-hydrogen) atoms. The third kappa shape index (κ3) is 3.97. The lowest BCUT2D eigenvalue weighted by Crippen LogP contribution is -2.57. The van der Waals surface area contributed by atoms with Gasteiger partial charge in [-0.3, -0.25) is 4.90 Å². The minimum atomic E-state index is -0.529. The summed E-state index contributed by atoms with van der Waals surface area (Å²) in [5, 5.41) is 22.2. The van der Waals surface area contributed by atoms with Gasteiger partial charge in [-0.05, 0) is 19.3 Å². The Morgan fingerprint density at radius 2 is 1.94 bits per heavy atom. The van der Waals surface area contributed by atoms with Gasteiger partial charge in [0.1, 0.15) is 0 Å². The lowest BCUT2D eigenvalue weighted by molar-refractivity contribution is 0.0666. The summed E-state index contributed by atoms with van der Waals surface area (Å²) in [6, 6.07) is 0.364. The Balaban J connectivity index is 2.41. The standard InChI is InChI=1S/C13H24N2O2/c1-3-7-15-8-5-12(6-9-15)14-13(4-2,10-16)11-17/h1,12,14,16-17H,4-11H2,2H3. The van der Waals surface area contributed by atoms with E-state index in [0.717, 1.165) is 32.4 Å². The summed E-state index contributed by atoms with van der Waals surface area (Å²) >= 11 is 0. The molecule has 1 aliphatic rings. The zero-order valence-corrected chi connectivity index (χ0v) is 10.7. The highest BCUT2D eigenvalue weighted by molar-refractivity contribution is 4.93. The van der Waals surface area contributed by atoms with Crippen LogP contribution in [-0.2, 0) is 0 Å².